The van der Waals surface area contributed by atoms with Gasteiger partial charge in [-0.3, -0.25) is 19.7 Å². The number of rotatable bonds is 5. The van der Waals surface area contributed by atoms with Crippen molar-refractivity contribution < 1.29 is 27.9 Å². The molecule has 154 valence electrons. The molecule has 1 N–H and O–H groups in total. The summed E-state index contributed by atoms with van der Waals surface area (Å²) in [5, 5.41) is 4.04. The first-order valence-electron chi connectivity index (χ1n) is 9.06. The van der Waals surface area contributed by atoms with Gasteiger partial charge in [0.2, 0.25) is 0 Å². The number of carbonyl (C=O) groups excluding carboxylic acids is 3. The van der Waals surface area contributed by atoms with E-state index in [1.807, 2.05) is 0 Å². The lowest BCUT2D eigenvalue weighted by atomic mass is 9.98. The Hall–Kier alpha value is -2.88. The van der Waals surface area contributed by atoms with Crippen molar-refractivity contribution in [2.45, 2.75) is 19.8 Å². The number of carbonyl (C=O) groups is 3. The lowest BCUT2D eigenvalue weighted by Crippen LogP contribution is -2.43. The van der Waals surface area contributed by atoms with E-state index < -0.39 is 17.5 Å². The SMILES string of the molecule is CCOC(=O)[C@@H]1CCCN(C(=O)c2csc(NC(=O)c3cc(F)cc(F)c3)n2)C1. The van der Waals surface area contributed by atoms with Crippen LogP contribution in [0.3, 0.4) is 0 Å². The molecule has 0 bridgehead atoms. The lowest BCUT2D eigenvalue weighted by Gasteiger charge is -2.31. The Balaban J connectivity index is 1.65. The van der Waals surface area contributed by atoms with E-state index in [0.717, 1.165) is 23.5 Å². The molecule has 0 aliphatic carbocycles. The fourth-order valence-electron chi connectivity index (χ4n) is 3.06. The van der Waals surface area contributed by atoms with E-state index in [1.54, 1.807) is 6.92 Å². The Labute approximate surface area is 169 Å². The van der Waals surface area contributed by atoms with Gasteiger partial charge in [-0.05, 0) is 31.9 Å². The number of thiazole rings is 1. The number of piperidine rings is 1. The van der Waals surface area contributed by atoms with Gasteiger partial charge in [-0.2, -0.15) is 0 Å². The van der Waals surface area contributed by atoms with Crippen LogP contribution in [0.4, 0.5) is 13.9 Å². The van der Waals surface area contributed by atoms with Crippen molar-refractivity contribution in [3.63, 3.8) is 0 Å². The Morgan fingerprint density at radius 3 is 2.69 bits per heavy atom. The van der Waals surface area contributed by atoms with Crippen molar-refractivity contribution in [3.05, 3.63) is 46.5 Å². The molecule has 1 saturated heterocycles. The van der Waals surface area contributed by atoms with Crippen molar-refractivity contribution in [1.29, 1.82) is 0 Å². The smallest absolute Gasteiger partial charge is 0.310 e. The number of anilines is 1. The van der Waals surface area contributed by atoms with Crippen LogP contribution in [0, 0.1) is 17.6 Å². The molecule has 10 heteroatoms. The molecule has 7 nitrogen and oxygen atoms in total. The van der Waals surface area contributed by atoms with Crippen LogP contribution in [0.1, 0.15) is 40.6 Å². The molecule has 1 atom stereocenters. The predicted octanol–water partition coefficient (Wildman–Crippen LogP) is 3.09. The zero-order chi connectivity index (χ0) is 21.0. The summed E-state index contributed by atoms with van der Waals surface area (Å²) in [6, 6.07) is 2.47. The van der Waals surface area contributed by atoms with Gasteiger partial charge in [0, 0.05) is 30.1 Å². The number of ether oxygens (including phenoxy) is 1. The standard InChI is InChI=1S/C19H19F2N3O4S/c1-2-28-18(27)11-4-3-5-24(9-11)17(26)15-10-29-19(22-15)23-16(25)12-6-13(20)8-14(21)7-12/h6-8,10-11H,2-5,9H2,1H3,(H,22,23,25)/t11-/m1/s1. The quantitative estimate of drug-likeness (QED) is 0.747. The highest BCUT2D eigenvalue weighted by Gasteiger charge is 2.30. The summed E-state index contributed by atoms with van der Waals surface area (Å²) in [6.07, 6.45) is 1.33. The van der Waals surface area contributed by atoms with Gasteiger partial charge in [-0.15, -0.1) is 11.3 Å². The number of hydrogen-bond donors (Lipinski definition) is 1. The molecular weight excluding hydrogens is 404 g/mol. The van der Waals surface area contributed by atoms with Gasteiger partial charge in [-0.25, -0.2) is 13.8 Å². The maximum absolute atomic E-state index is 13.3. The summed E-state index contributed by atoms with van der Waals surface area (Å²) in [6.45, 7) is 2.76. The fourth-order valence-corrected chi connectivity index (χ4v) is 3.74. The number of aromatic nitrogens is 1. The molecule has 1 fully saturated rings. The number of nitrogens with one attached hydrogen (secondary N) is 1. The number of halogens is 2. The largest absolute Gasteiger partial charge is 0.466 e. The van der Waals surface area contributed by atoms with Crippen LogP contribution in [0.5, 0.6) is 0 Å². The lowest BCUT2D eigenvalue weighted by molar-refractivity contribution is -0.149. The third-order valence-electron chi connectivity index (χ3n) is 4.40. The first-order valence-corrected chi connectivity index (χ1v) is 9.94. The predicted molar refractivity (Wildman–Crippen MR) is 102 cm³/mol. The monoisotopic (exact) mass is 423 g/mol. The van der Waals surface area contributed by atoms with Crippen LogP contribution in [0.2, 0.25) is 0 Å². The molecule has 2 heterocycles. The van der Waals surface area contributed by atoms with Crippen LogP contribution in [-0.2, 0) is 9.53 Å². The van der Waals surface area contributed by atoms with Gasteiger partial charge in [0.25, 0.3) is 11.8 Å². The van der Waals surface area contributed by atoms with Gasteiger partial charge >= 0.3 is 5.97 Å². The molecule has 29 heavy (non-hydrogen) atoms. The molecule has 0 unspecified atom stereocenters. The third kappa shape index (κ3) is 5.14. The summed E-state index contributed by atoms with van der Waals surface area (Å²) in [7, 11) is 0. The second-order valence-electron chi connectivity index (χ2n) is 6.49. The molecule has 2 aromatic rings. The van der Waals surface area contributed by atoms with Gasteiger partial charge in [0.15, 0.2) is 5.13 Å². The maximum Gasteiger partial charge on any atom is 0.310 e. The number of esters is 1. The molecule has 1 aromatic heterocycles. The minimum Gasteiger partial charge on any atom is -0.466 e. The minimum atomic E-state index is -0.869. The van der Waals surface area contributed by atoms with Crippen molar-refractivity contribution in [2.24, 2.45) is 5.92 Å². The average Bonchev–Trinajstić information content (AvgIpc) is 3.15. The number of amides is 2. The summed E-state index contributed by atoms with van der Waals surface area (Å²) in [5.41, 5.74) is -0.0703. The first-order chi connectivity index (χ1) is 13.9. The van der Waals surface area contributed by atoms with E-state index in [1.165, 1.54) is 10.3 Å². The number of hydrogen-bond acceptors (Lipinski definition) is 6. The van der Waals surface area contributed by atoms with Gasteiger partial charge in [0.05, 0.1) is 12.5 Å². The normalized spacial score (nSPS) is 16.4. The zero-order valence-electron chi connectivity index (χ0n) is 15.6. The average molecular weight is 423 g/mol. The number of nitrogens with zero attached hydrogens (tertiary/aromatic N) is 2. The van der Waals surface area contributed by atoms with Gasteiger partial charge in [-0.1, -0.05) is 0 Å². The molecule has 2 amide bonds. The van der Waals surface area contributed by atoms with E-state index in [0.29, 0.717) is 25.5 Å². The highest BCUT2D eigenvalue weighted by atomic mass is 32.1. The van der Waals surface area contributed by atoms with Crippen molar-refractivity contribution in [2.75, 3.05) is 25.0 Å². The fraction of sp³-hybridized carbons (Fsp3) is 0.368. The van der Waals surface area contributed by atoms with Crippen LogP contribution in [0.15, 0.2) is 23.6 Å². The Kier molecular flexibility index (Phi) is 6.53. The Morgan fingerprint density at radius 2 is 2.00 bits per heavy atom. The molecule has 1 aliphatic rings. The van der Waals surface area contributed by atoms with Crippen LogP contribution in [-0.4, -0.2) is 47.4 Å². The maximum atomic E-state index is 13.3. The Bertz CT molecular complexity index is 914. The van der Waals surface area contributed by atoms with Crippen molar-refractivity contribution in [1.82, 2.24) is 9.88 Å². The highest BCUT2D eigenvalue weighted by Crippen LogP contribution is 2.22. The summed E-state index contributed by atoms with van der Waals surface area (Å²) in [4.78, 5) is 42.4. The zero-order valence-corrected chi connectivity index (χ0v) is 16.4. The van der Waals surface area contributed by atoms with E-state index in [2.05, 4.69) is 10.3 Å². The third-order valence-corrected chi connectivity index (χ3v) is 5.15. The molecular formula is C19H19F2N3O4S. The van der Waals surface area contributed by atoms with Gasteiger partial charge in [0.1, 0.15) is 17.3 Å². The van der Waals surface area contributed by atoms with Crippen LogP contribution >= 0.6 is 11.3 Å². The highest BCUT2D eigenvalue weighted by molar-refractivity contribution is 7.14. The number of benzene rings is 1. The first kappa shape index (κ1) is 20.8. The molecule has 1 aromatic carbocycles. The second-order valence-corrected chi connectivity index (χ2v) is 7.35. The van der Waals surface area contributed by atoms with E-state index in [-0.39, 0.29) is 47.3 Å². The second kappa shape index (κ2) is 9.08. The van der Waals surface area contributed by atoms with Crippen molar-refractivity contribution in [3.8, 4) is 0 Å². The molecule has 0 saturated carbocycles. The van der Waals surface area contributed by atoms with Crippen LogP contribution in [0.25, 0.3) is 0 Å². The summed E-state index contributed by atoms with van der Waals surface area (Å²) in [5.74, 6) is -3.52. The summed E-state index contributed by atoms with van der Waals surface area (Å²) >= 11 is 1.02. The number of likely N-dealkylation sites (tertiary alicyclic amines) is 1. The Morgan fingerprint density at radius 1 is 1.28 bits per heavy atom. The minimum absolute atomic E-state index is 0.125. The van der Waals surface area contributed by atoms with Crippen LogP contribution < -0.4 is 5.32 Å². The van der Waals surface area contributed by atoms with E-state index in [4.69, 9.17) is 4.74 Å². The molecule has 0 spiro atoms. The molecule has 0 radical (unpaired) electrons. The van der Waals surface area contributed by atoms with Crippen molar-refractivity contribution >= 4 is 34.3 Å². The van der Waals surface area contributed by atoms with Gasteiger partial charge < -0.3 is 9.64 Å². The van der Waals surface area contributed by atoms with E-state index >= 15 is 0 Å². The molecule has 3 rings (SSSR count). The topological polar surface area (TPSA) is 88.6 Å². The van der Waals surface area contributed by atoms with E-state index in [9.17, 15) is 23.2 Å². The summed E-state index contributed by atoms with van der Waals surface area (Å²) < 4.78 is 31.6. The molecule has 1 aliphatic heterocycles.